The molecule has 2 N–H and O–H groups in total. The first kappa shape index (κ1) is 10.2. The molecule has 14 heavy (non-hydrogen) atoms. The van der Waals surface area contributed by atoms with E-state index in [-0.39, 0.29) is 6.03 Å². The van der Waals surface area contributed by atoms with Crippen molar-refractivity contribution in [2.45, 2.75) is 13.0 Å². The van der Waals surface area contributed by atoms with Crippen molar-refractivity contribution in [3.05, 3.63) is 30.3 Å². The molecule has 1 rings (SSSR count). The van der Waals surface area contributed by atoms with Crippen LogP contribution in [0.1, 0.15) is 6.92 Å². The Kier molecular flexibility index (Phi) is 3.67. The summed E-state index contributed by atoms with van der Waals surface area (Å²) in [6.45, 7) is 1.61. The van der Waals surface area contributed by atoms with Gasteiger partial charge in [0.2, 0.25) is 0 Å². The number of anilines is 1. The summed E-state index contributed by atoms with van der Waals surface area (Å²) in [5.41, 5.74) is 0.697. The fourth-order valence-electron chi connectivity index (χ4n) is 0.929. The van der Waals surface area contributed by atoms with Crippen LogP contribution in [0.5, 0.6) is 0 Å². The van der Waals surface area contributed by atoms with Gasteiger partial charge in [0.25, 0.3) is 0 Å². The Morgan fingerprint density at radius 2 is 2.00 bits per heavy atom. The topological polar surface area (TPSA) is 58.2 Å². The normalized spacial score (nSPS) is 11.5. The molecule has 0 saturated heterocycles. The largest absolute Gasteiger partial charge is 0.329 e. The van der Waals surface area contributed by atoms with E-state index < -0.39 is 6.04 Å². The molecular formula is C10H12N2O2. The van der Waals surface area contributed by atoms with Crippen molar-refractivity contribution in [2.24, 2.45) is 0 Å². The van der Waals surface area contributed by atoms with E-state index in [0.29, 0.717) is 12.0 Å². The molecule has 0 spiro atoms. The quantitative estimate of drug-likeness (QED) is 0.711. The molecule has 0 aliphatic carbocycles. The molecule has 0 aromatic heterocycles. The number of urea groups is 1. The first-order valence-electron chi connectivity index (χ1n) is 4.30. The summed E-state index contributed by atoms with van der Waals surface area (Å²) >= 11 is 0. The Hall–Kier alpha value is -1.84. The van der Waals surface area contributed by atoms with Gasteiger partial charge < -0.3 is 15.4 Å². The molecule has 0 aliphatic heterocycles. The van der Waals surface area contributed by atoms with Gasteiger partial charge in [-0.05, 0) is 19.1 Å². The highest BCUT2D eigenvalue weighted by atomic mass is 16.2. The Balaban J connectivity index is 2.46. The number of hydrogen-bond acceptors (Lipinski definition) is 2. The Labute approximate surface area is 82.3 Å². The zero-order valence-corrected chi connectivity index (χ0v) is 7.86. The Bertz CT molecular complexity index is 311. The summed E-state index contributed by atoms with van der Waals surface area (Å²) in [7, 11) is 0. The number of benzene rings is 1. The van der Waals surface area contributed by atoms with Crippen molar-refractivity contribution in [2.75, 3.05) is 5.32 Å². The Morgan fingerprint density at radius 1 is 1.36 bits per heavy atom. The lowest BCUT2D eigenvalue weighted by Crippen LogP contribution is -2.36. The van der Waals surface area contributed by atoms with Crippen molar-refractivity contribution in [1.82, 2.24) is 5.32 Å². The van der Waals surface area contributed by atoms with Crippen LogP contribution in [-0.4, -0.2) is 18.4 Å². The van der Waals surface area contributed by atoms with E-state index in [4.69, 9.17) is 0 Å². The highest BCUT2D eigenvalue weighted by Crippen LogP contribution is 2.03. The third-order valence-electron chi connectivity index (χ3n) is 1.59. The van der Waals surface area contributed by atoms with E-state index in [2.05, 4.69) is 10.6 Å². The second kappa shape index (κ2) is 5.01. The molecule has 74 valence electrons. The average Bonchev–Trinajstić information content (AvgIpc) is 2.19. The highest BCUT2D eigenvalue weighted by molar-refractivity contribution is 5.90. The van der Waals surface area contributed by atoms with Crippen molar-refractivity contribution in [1.29, 1.82) is 0 Å². The van der Waals surface area contributed by atoms with Gasteiger partial charge in [-0.1, -0.05) is 18.2 Å². The molecule has 1 aromatic carbocycles. The zero-order chi connectivity index (χ0) is 10.4. The molecule has 4 nitrogen and oxygen atoms in total. The fraction of sp³-hybridized carbons (Fsp3) is 0.200. The van der Waals surface area contributed by atoms with Crippen LogP contribution in [0.4, 0.5) is 10.5 Å². The smallest absolute Gasteiger partial charge is 0.319 e. The predicted molar refractivity (Wildman–Crippen MR) is 54.1 cm³/mol. The molecule has 0 aliphatic rings. The monoisotopic (exact) mass is 192 g/mol. The molecule has 1 unspecified atom stereocenters. The maximum absolute atomic E-state index is 11.2. The molecular weight excluding hydrogens is 180 g/mol. The van der Waals surface area contributed by atoms with E-state index in [1.165, 1.54) is 0 Å². The second-order valence-electron chi connectivity index (χ2n) is 2.89. The van der Waals surface area contributed by atoms with E-state index in [0.717, 1.165) is 0 Å². The third-order valence-corrected chi connectivity index (χ3v) is 1.59. The van der Waals surface area contributed by atoms with Gasteiger partial charge in [-0.2, -0.15) is 0 Å². The summed E-state index contributed by atoms with van der Waals surface area (Å²) in [4.78, 5) is 21.5. The maximum Gasteiger partial charge on any atom is 0.319 e. The standard InChI is InChI=1S/C10H12N2O2/c1-8(7-13)11-10(14)12-9-5-3-2-4-6-9/h2-8H,1H3,(H2,11,12,14). The van der Waals surface area contributed by atoms with Crippen LogP contribution in [0.25, 0.3) is 0 Å². The van der Waals surface area contributed by atoms with Crippen molar-refractivity contribution in [3.63, 3.8) is 0 Å². The molecule has 0 saturated carbocycles. The highest BCUT2D eigenvalue weighted by Gasteiger charge is 2.04. The molecule has 0 fully saturated rings. The van der Waals surface area contributed by atoms with Crippen LogP contribution in [0.15, 0.2) is 30.3 Å². The van der Waals surface area contributed by atoms with Crippen molar-refractivity contribution in [3.8, 4) is 0 Å². The van der Waals surface area contributed by atoms with Crippen LogP contribution in [0.2, 0.25) is 0 Å². The lowest BCUT2D eigenvalue weighted by atomic mass is 10.3. The summed E-state index contributed by atoms with van der Waals surface area (Å²) < 4.78 is 0. The number of hydrogen-bond donors (Lipinski definition) is 2. The molecule has 0 bridgehead atoms. The van der Waals surface area contributed by atoms with Crippen molar-refractivity contribution < 1.29 is 9.59 Å². The SMILES string of the molecule is CC(C=O)NC(=O)Nc1ccccc1. The van der Waals surface area contributed by atoms with Gasteiger partial charge in [-0.15, -0.1) is 0 Å². The zero-order valence-electron chi connectivity index (χ0n) is 7.86. The third kappa shape index (κ3) is 3.26. The number of para-hydroxylation sites is 1. The first-order chi connectivity index (χ1) is 6.72. The van der Waals surface area contributed by atoms with Crippen molar-refractivity contribution >= 4 is 18.0 Å². The lowest BCUT2D eigenvalue weighted by Gasteiger charge is -2.08. The number of rotatable bonds is 3. The molecule has 0 heterocycles. The minimum atomic E-state index is -0.473. The second-order valence-corrected chi connectivity index (χ2v) is 2.89. The van der Waals surface area contributed by atoms with E-state index in [1.807, 2.05) is 18.2 Å². The number of amides is 2. The lowest BCUT2D eigenvalue weighted by molar-refractivity contribution is -0.109. The maximum atomic E-state index is 11.2. The van der Waals surface area contributed by atoms with Crippen LogP contribution in [-0.2, 0) is 4.79 Å². The van der Waals surface area contributed by atoms with Gasteiger partial charge in [-0.3, -0.25) is 0 Å². The van der Waals surface area contributed by atoms with Crippen LogP contribution in [0.3, 0.4) is 0 Å². The van der Waals surface area contributed by atoms with E-state index in [9.17, 15) is 9.59 Å². The van der Waals surface area contributed by atoms with Crippen LogP contribution < -0.4 is 10.6 Å². The summed E-state index contributed by atoms with van der Waals surface area (Å²) in [6, 6.07) is 8.18. The number of carbonyl (C=O) groups is 2. The number of carbonyl (C=O) groups excluding carboxylic acids is 2. The van der Waals surface area contributed by atoms with E-state index >= 15 is 0 Å². The fourth-order valence-corrected chi connectivity index (χ4v) is 0.929. The molecule has 1 atom stereocenters. The number of aldehydes is 1. The minimum Gasteiger partial charge on any atom is -0.329 e. The summed E-state index contributed by atoms with van der Waals surface area (Å²) in [5, 5.41) is 5.06. The molecule has 2 amide bonds. The summed E-state index contributed by atoms with van der Waals surface area (Å²) in [6.07, 6.45) is 0.671. The van der Waals surface area contributed by atoms with E-state index in [1.54, 1.807) is 19.1 Å². The molecule has 4 heteroatoms. The van der Waals surface area contributed by atoms with Gasteiger partial charge in [-0.25, -0.2) is 4.79 Å². The van der Waals surface area contributed by atoms with Crippen LogP contribution in [0, 0.1) is 0 Å². The predicted octanol–water partition coefficient (Wildman–Crippen LogP) is 1.40. The Morgan fingerprint density at radius 3 is 2.57 bits per heavy atom. The molecule has 1 aromatic rings. The van der Waals surface area contributed by atoms with Gasteiger partial charge >= 0.3 is 6.03 Å². The average molecular weight is 192 g/mol. The minimum absolute atomic E-state index is 0.379. The van der Waals surface area contributed by atoms with Gasteiger partial charge in [0.05, 0.1) is 6.04 Å². The van der Waals surface area contributed by atoms with Crippen LogP contribution >= 0.6 is 0 Å². The van der Waals surface area contributed by atoms with Gasteiger partial charge in [0.15, 0.2) is 0 Å². The molecule has 0 radical (unpaired) electrons. The number of nitrogens with one attached hydrogen (secondary N) is 2. The van der Waals surface area contributed by atoms with Gasteiger partial charge in [0, 0.05) is 5.69 Å². The first-order valence-corrected chi connectivity index (χ1v) is 4.30. The summed E-state index contributed by atoms with van der Waals surface area (Å²) in [5.74, 6) is 0. The van der Waals surface area contributed by atoms with Gasteiger partial charge in [0.1, 0.15) is 6.29 Å².